The summed E-state index contributed by atoms with van der Waals surface area (Å²) in [5.41, 5.74) is 5.02. The Morgan fingerprint density at radius 1 is 1.41 bits per heavy atom. The van der Waals surface area contributed by atoms with E-state index >= 15 is 0 Å². The molecular weight excluding hydrogens is 206 g/mol. The molecule has 1 heterocycles. The van der Waals surface area contributed by atoms with E-state index in [-0.39, 0.29) is 0 Å². The summed E-state index contributed by atoms with van der Waals surface area (Å²) in [7, 11) is 0. The molecule has 0 aliphatic carbocycles. The zero-order valence-corrected chi connectivity index (χ0v) is 10.9. The van der Waals surface area contributed by atoms with Crippen LogP contribution in [0.2, 0.25) is 0 Å². The Morgan fingerprint density at radius 3 is 2.88 bits per heavy atom. The first-order valence-electron chi connectivity index (χ1n) is 6.29. The van der Waals surface area contributed by atoms with Gasteiger partial charge in [-0.2, -0.15) is 0 Å². The standard InChI is InChI=1S/C16H21N/c1-5-15-7-6-10-17(15)14(4)16-11-12(2)8-9-13(16)3/h5,8-9,11,15H,1,4,6-7,10H2,2-3H3. The summed E-state index contributed by atoms with van der Waals surface area (Å²) in [5, 5.41) is 0. The number of likely N-dealkylation sites (tertiary alicyclic amines) is 1. The fourth-order valence-electron chi connectivity index (χ4n) is 2.57. The van der Waals surface area contributed by atoms with Gasteiger partial charge in [-0.1, -0.05) is 30.4 Å². The third-order valence-electron chi connectivity index (χ3n) is 3.62. The van der Waals surface area contributed by atoms with Gasteiger partial charge in [-0.3, -0.25) is 0 Å². The normalized spacial score (nSPS) is 19.4. The lowest BCUT2D eigenvalue weighted by Crippen LogP contribution is -2.25. The SMILES string of the molecule is C=CC1CCCN1C(=C)c1cc(C)ccc1C. The number of nitrogens with zero attached hydrogens (tertiary/aromatic N) is 1. The molecule has 1 heteroatoms. The highest BCUT2D eigenvalue weighted by Crippen LogP contribution is 2.29. The van der Waals surface area contributed by atoms with Crippen LogP contribution in [-0.4, -0.2) is 17.5 Å². The minimum Gasteiger partial charge on any atom is -0.365 e. The van der Waals surface area contributed by atoms with E-state index in [9.17, 15) is 0 Å². The van der Waals surface area contributed by atoms with E-state index in [1.807, 2.05) is 6.08 Å². The molecule has 0 N–H and O–H groups in total. The molecule has 1 aromatic carbocycles. The summed E-state index contributed by atoms with van der Waals surface area (Å²) in [6, 6.07) is 7.02. The van der Waals surface area contributed by atoms with Crippen molar-refractivity contribution in [3.63, 3.8) is 0 Å². The Bertz CT molecular complexity index is 445. The molecule has 1 aliphatic rings. The summed E-state index contributed by atoms with van der Waals surface area (Å²) >= 11 is 0. The minimum atomic E-state index is 0.461. The van der Waals surface area contributed by atoms with Crippen LogP contribution in [0.4, 0.5) is 0 Å². The molecule has 2 rings (SSSR count). The van der Waals surface area contributed by atoms with Crippen molar-refractivity contribution >= 4 is 5.70 Å². The summed E-state index contributed by atoms with van der Waals surface area (Å²) in [4.78, 5) is 2.38. The van der Waals surface area contributed by atoms with Crippen LogP contribution >= 0.6 is 0 Å². The first-order chi connectivity index (χ1) is 8.13. The van der Waals surface area contributed by atoms with Crippen molar-refractivity contribution in [2.75, 3.05) is 6.54 Å². The van der Waals surface area contributed by atoms with Gasteiger partial charge >= 0.3 is 0 Å². The first kappa shape index (κ1) is 12.0. The molecule has 0 spiro atoms. The minimum absolute atomic E-state index is 0.461. The Balaban J connectivity index is 2.30. The zero-order valence-electron chi connectivity index (χ0n) is 10.9. The van der Waals surface area contributed by atoms with Crippen molar-refractivity contribution in [1.82, 2.24) is 4.90 Å². The van der Waals surface area contributed by atoms with Crippen molar-refractivity contribution in [1.29, 1.82) is 0 Å². The van der Waals surface area contributed by atoms with Crippen molar-refractivity contribution in [2.24, 2.45) is 0 Å². The van der Waals surface area contributed by atoms with Crippen LogP contribution in [0.15, 0.2) is 37.4 Å². The number of aryl methyl sites for hydroxylation is 2. The molecule has 0 bridgehead atoms. The van der Waals surface area contributed by atoms with Gasteiger partial charge in [-0.15, -0.1) is 6.58 Å². The molecule has 17 heavy (non-hydrogen) atoms. The average molecular weight is 227 g/mol. The molecule has 0 saturated carbocycles. The Morgan fingerprint density at radius 2 is 2.18 bits per heavy atom. The van der Waals surface area contributed by atoms with E-state index in [1.165, 1.54) is 29.5 Å². The van der Waals surface area contributed by atoms with Crippen molar-refractivity contribution in [2.45, 2.75) is 32.7 Å². The van der Waals surface area contributed by atoms with Gasteiger partial charge in [0, 0.05) is 23.8 Å². The van der Waals surface area contributed by atoms with E-state index < -0.39 is 0 Å². The van der Waals surface area contributed by atoms with Crippen molar-refractivity contribution in [3.8, 4) is 0 Å². The highest BCUT2D eigenvalue weighted by Gasteiger charge is 2.23. The van der Waals surface area contributed by atoms with Crippen LogP contribution in [0.3, 0.4) is 0 Å². The van der Waals surface area contributed by atoms with Gasteiger partial charge in [0.05, 0.1) is 0 Å². The van der Waals surface area contributed by atoms with Crippen LogP contribution in [0.1, 0.15) is 29.5 Å². The molecule has 0 amide bonds. The molecule has 0 aromatic heterocycles. The van der Waals surface area contributed by atoms with Crippen LogP contribution in [0.25, 0.3) is 5.70 Å². The van der Waals surface area contributed by atoms with Gasteiger partial charge in [-0.25, -0.2) is 0 Å². The third-order valence-corrected chi connectivity index (χ3v) is 3.62. The molecule has 1 fully saturated rings. The maximum Gasteiger partial charge on any atom is 0.0471 e. The van der Waals surface area contributed by atoms with Crippen LogP contribution in [0, 0.1) is 13.8 Å². The monoisotopic (exact) mass is 227 g/mol. The quantitative estimate of drug-likeness (QED) is 0.707. The lowest BCUT2D eigenvalue weighted by molar-refractivity contribution is 0.425. The van der Waals surface area contributed by atoms with Gasteiger partial charge in [0.1, 0.15) is 0 Å². The van der Waals surface area contributed by atoms with E-state index in [0.717, 1.165) is 12.2 Å². The maximum absolute atomic E-state index is 4.29. The highest BCUT2D eigenvalue weighted by atomic mass is 15.2. The second-order valence-corrected chi connectivity index (χ2v) is 4.90. The summed E-state index contributed by atoms with van der Waals surface area (Å²) in [6.07, 6.45) is 4.48. The van der Waals surface area contributed by atoms with Crippen LogP contribution in [0.5, 0.6) is 0 Å². The predicted octanol–water partition coefficient (Wildman–Crippen LogP) is 3.92. The third kappa shape index (κ3) is 2.28. The Labute approximate surface area is 104 Å². The van der Waals surface area contributed by atoms with Gasteiger partial charge in [0.15, 0.2) is 0 Å². The highest BCUT2D eigenvalue weighted by molar-refractivity contribution is 5.66. The smallest absolute Gasteiger partial charge is 0.0471 e. The fraction of sp³-hybridized carbons (Fsp3) is 0.375. The maximum atomic E-state index is 4.29. The number of rotatable bonds is 3. The van der Waals surface area contributed by atoms with E-state index in [1.54, 1.807) is 0 Å². The Kier molecular flexibility index (Phi) is 3.37. The summed E-state index contributed by atoms with van der Waals surface area (Å²) in [6.45, 7) is 13.6. The van der Waals surface area contributed by atoms with Crippen LogP contribution in [-0.2, 0) is 0 Å². The lowest BCUT2D eigenvalue weighted by Gasteiger charge is -2.27. The molecule has 1 aliphatic heterocycles. The molecule has 1 saturated heterocycles. The predicted molar refractivity (Wildman–Crippen MR) is 74.9 cm³/mol. The van der Waals surface area contributed by atoms with Gasteiger partial charge in [0.2, 0.25) is 0 Å². The second-order valence-electron chi connectivity index (χ2n) is 4.90. The number of hydrogen-bond donors (Lipinski definition) is 0. The molecule has 1 unspecified atom stereocenters. The number of benzene rings is 1. The van der Waals surface area contributed by atoms with Crippen molar-refractivity contribution in [3.05, 3.63) is 54.1 Å². The number of hydrogen-bond acceptors (Lipinski definition) is 1. The fourth-order valence-corrected chi connectivity index (χ4v) is 2.57. The van der Waals surface area contributed by atoms with E-state index in [0.29, 0.717) is 6.04 Å². The first-order valence-corrected chi connectivity index (χ1v) is 6.29. The Hall–Kier alpha value is -1.50. The topological polar surface area (TPSA) is 3.24 Å². The van der Waals surface area contributed by atoms with Gasteiger partial charge < -0.3 is 4.90 Å². The summed E-state index contributed by atoms with van der Waals surface area (Å²) in [5.74, 6) is 0. The lowest BCUT2D eigenvalue weighted by atomic mass is 10.0. The second kappa shape index (κ2) is 4.79. The van der Waals surface area contributed by atoms with E-state index in [4.69, 9.17) is 0 Å². The molecule has 1 atom stereocenters. The molecule has 1 nitrogen and oxygen atoms in total. The summed E-state index contributed by atoms with van der Waals surface area (Å²) < 4.78 is 0. The van der Waals surface area contributed by atoms with Gasteiger partial charge in [0.25, 0.3) is 0 Å². The largest absolute Gasteiger partial charge is 0.365 e. The molecule has 1 aromatic rings. The zero-order chi connectivity index (χ0) is 12.4. The molecular formula is C16H21N. The van der Waals surface area contributed by atoms with Gasteiger partial charge in [-0.05, 0) is 38.3 Å². The van der Waals surface area contributed by atoms with Crippen molar-refractivity contribution < 1.29 is 0 Å². The van der Waals surface area contributed by atoms with E-state index in [2.05, 4.69) is 50.1 Å². The average Bonchev–Trinajstić information content (AvgIpc) is 2.79. The van der Waals surface area contributed by atoms with Crippen LogP contribution < -0.4 is 0 Å². The molecule has 0 radical (unpaired) electrons. The molecule has 90 valence electrons.